The zero-order chi connectivity index (χ0) is 28.3. The van der Waals surface area contributed by atoms with E-state index in [1.165, 1.54) is 0 Å². The van der Waals surface area contributed by atoms with Gasteiger partial charge in [0.2, 0.25) is 5.56 Å². The molecular weight excluding hydrogens is 536 g/mol. The first kappa shape index (κ1) is 27.3. The molecule has 2 aromatic heterocycles. The van der Waals surface area contributed by atoms with Gasteiger partial charge in [-0.2, -0.15) is 0 Å². The lowest BCUT2D eigenvalue weighted by atomic mass is 10.1. The Hall–Kier alpha value is -3.86. The van der Waals surface area contributed by atoms with Crippen LogP contribution in [-0.2, 0) is 4.74 Å². The van der Waals surface area contributed by atoms with Crippen molar-refractivity contribution in [1.82, 2.24) is 19.9 Å². The molecule has 1 unspecified atom stereocenters. The predicted octanol–water partition coefficient (Wildman–Crippen LogP) is 5.34. The monoisotopic (exact) mass is 570 g/mol. The first-order chi connectivity index (χ1) is 19.9. The number of H-pyrrole nitrogens is 1. The zero-order valence-electron chi connectivity index (χ0n) is 23.5. The highest BCUT2D eigenvalue weighted by atomic mass is 32.2. The zero-order valence-corrected chi connectivity index (χ0v) is 24.3. The van der Waals surface area contributed by atoms with E-state index < -0.39 is 0 Å². The Labute approximate surface area is 243 Å². The Bertz CT molecular complexity index is 1580. The normalized spacial score (nSPS) is 15.2. The lowest BCUT2D eigenvalue weighted by Gasteiger charge is -2.29. The summed E-state index contributed by atoms with van der Waals surface area (Å²) in [5.74, 6) is 1.53. The fourth-order valence-electron chi connectivity index (χ4n) is 5.05. The molecule has 0 radical (unpaired) electrons. The highest BCUT2D eigenvalue weighted by Crippen LogP contribution is 2.51. The van der Waals surface area contributed by atoms with Crippen LogP contribution < -0.4 is 20.5 Å². The van der Waals surface area contributed by atoms with Crippen LogP contribution in [0.25, 0.3) is 11.3 Å². The average molecular weight is 571 g/mol. The van der Waals surface area contributed by atoms with Crippen LogP contribution in [0.15, 0.2) is 75.5 Å². The van der Waals surface area contributed by atoms with Crippen LogP contribution in [0, 0.1) is 6.92 Å². The van der Waals surface area contributed by atoms with Crippen LogP contribution in [-0.4, -0.2) is 66.8 Å². The number of fused-ring (bicyclic) bond motifs is 2. The number of hydrogen-bond donors (Lipinski definition) is 2. The molecule has 6 rings (SSSR count). The average Bonchev–Trinajstić information content (AvgIpc) is 2.98. The summed E-state index contributed by atoms with van der Waals surface area (Å²) in [7, 11) is 4.15. The quantitative estimate of drug-likeness (QED) is 0.256. The minimum Gasteiger partial charge on any atom is -0.454 e. The molecular formula is C31H34N6O3S. The number of aromatic nitrogens is 3. The second-order valence-electron chi connectivity index (χ2n) is 10.6. The number of anilines is 2. The predicted molar refractivity (Wildman–Crippen MR) is 162 cm³/mol. The Kier molecular flexibility index (Phi) is 7.95. The highest BCUT2D eigenvalue weighted by molar-refractivity contribution is 7.99. The van der Waals surface area contributed by atoms with Gasteiger partial charge in [0.1, 0.15) is 5.75 Å². The largest absolute Gasteiger partial charge is 0.454 e. The second-order valence-corrected chi connectivity index (χ2v) is 11.7. The van der Waals surface area contributed by atoms with Gasteiger partial charge in [0.25, 0.3) is 0 Å². The third-order valence-corrected chi connectivity index (χ3v) is 8.29. The van der Waals surface area contributed by atoms with Crippen molar-refractivity contribution in [2.24, 2.45) is 0 Å². The third kappa shape index (κ3) is 6.24. The number of aromatic amines is 1. The summed E-state index contributed by atoms with van der Waals surface area (Å²) >= 11 is 1.66. The number of rotatable bonds is 8. The molecule has 4 heterocycles. The maximum atomic E-state index is 12.6. The van der Waals surface area contributed by atoms with Crippen molar-refractivity contribution < 1.29 is 9.47 Å². The third-order valence-electron chi connectivity index (χ3n) is 7.21. The van der Waals surface area contributed by atoms with E-state index in [-0.39, 0.29) is 11.6 Å². The standard InChI is InChI=1S/C31H34N6O3S/c1-20-18-33-26(19-32-20)24(9-10-36(2)3)34-21-7-8-27-29(15-21)41-28-6-4-5-23(31(28)40-27)25-16-22(17-30(38)35-25)37-11-13-39-14-12-37/h4-8,15-19,24,34H,9-14H2,1-3H3,(H,35,38). The van der Waals surface area contributed by atoms with Gasteiger partial charge >= 0.3 is 0 Å². The van der Waals surface area contributed by atoms with E-state index in [1.54, 1.807) is 17.8 Å². The minimum absolute atomic E-state index is 0.0208. The molecule has 1 saturated heterocycles. The fraction of sp³-hybridized carbons (Fsp3) is 0.323. The van der Waals surface area contributed by atoms with Crippen LogP contribution in [0.2, 0.25) is 0 Å². The SMILES string of the molecule is Cc1cnc(C(CCN(C)C)Nc2ccc3c(c2)Sc2cccc(-c4cc(N5CCOCC5)cc(=O)[nH]4)c2O3)cn1. The van der Waals surface area contributed by atoms with Crippen molar-refractivity contribution in [1.29, 1.82) is 0 Å². The fourth-order valence-corrected chi connectivity index (χ4v) is 6.07. The number of nitrogens with one attached hydrogen (secondary N) is 2. The molecule has 2 N–H and O–H groups in total. The van der Waals surface area contributed by atoms with Gasteiger partial charge in [-0.3, -0.25) is 14.8 Å². The summed E-state index contributed by atoms with van der Waals surface area (Å²) in [6.45, 7) is 5.70. The van der Waals surface area contributed by atoms with Crippen molar-refractivity contribution in [3.05, 3.63) is 82.7 Å². The molecule has 4 aromatic rings. The maximum absolute atomic E-state index is 12.6. The highest BCUT2D eigenvalue weighted by Gasteiger charge is 2.24. The van der Waals surface area contributed by atoms with E-state index in [0.717, 1.165) is 81.4 Å². The van der Waals surface area contributed by atoms with E-state index in [9.17, 15) is 4.79 Å². The van der Waals surface area contributed by atoms with Gasteiger partial charge < -0.3 is 29.6 Å². The van der Waals surface area contributed by atoms with Crippen molar-refractivity contribution in [3.63, 3.8) is 0 Å². The van der Waals surface area contributed by atoms with Crippen LogP contribution in [0.1, 0.15) is 23.9 Å². The van der Waals surface area contributed by atoms with Gasteiger partial charge in [-0.15, -0.1) is 0 Å². The summed E-state index contributed by atoms with van der Waals surface area (Å²) in [5, 5.41) is 3.67. The molecule has 2 aromatic carbocycles. The molecule has 0 aliphatic carbocycles. The van der Waals surface area contributed by atoms with Crippen LogP contribution in [0.5, 0.6) is 11.5 Å². The first-order valence-electron chi connectivity index (χ1n) is 13.8. The molecule has 1 atom stereocenters. The van der Waals surface area contributed by atoms with Gasteiger partial charge in [0, 0.05) is 42.3 Å². The lowest BCUT2D eigenvalue weighted by molar-refractivity contribution is 0.122. The Morgan fingerprint density at radius 1 is 1.07 bits per heavy atom. The van der Waals surface area contributed by atoms with Crippen molar-refractivity contribution >= 4 is 23.1 Å². The van der Waals surface area contributed by atoms with E-state index in [1.807, 2.05) is 49.6 Å². The summed E-state index contributed by atoms with van der Waals surface area (Å²) in [6, 6.07) is 15.9. The summed E-state index contributed by atoms with van der Waals surface area (Å²) in [4.78, 5) is 31.2. The minimum atomic E-state index is -0.136. The van der Waals surface area contributed by atoms with Gasteiger partial charge in [-0.25, -0.2) is 0 Å². The molecule has 1 fully saturated rings. The smallest absolute Gasteiger partial charge is 0.250 e. The molecule has 0 amide bonds. The van der Waals surface area contributed by atoms with Crippen molar-refractivity contribution in [2.75, 3.05) is 57.2 Å². The topological polar surface area (TPSA) is 95.6 Å². The van der Waals surface area contributed by atoms with E-state index in [0.29, 0.717) is 13.2 Å². The van der Waals surface area contributed by atoms with Crippen LogP contribution in [0.3, 0.4) is 0 Å². The van der Waals surface area contributed by atoms with Gasteiger partial charge in [-0.05, 0) is 70.4 Å². The number of pyridine rings is 1. The number of hydrogen-bond acceptors (Lipinski definition) is 9. The molecule has 212 valence electrons. The second kappa shape index (κ2) is 11.9. The number of para-hydroxylation sites is 1. The number of ether oxygens (including phenoxy) is 2. The first-order valence-corrected chi connectivity index (χ1v) is 14.6. The number of aryl methyl sites for hydroxylation is 1. The van der Waals surface area contributed by atoms with Gasteiger partial charge in [-0.1, -0.05) is 17.8 Å². The Balaban J connectivity index is 1.26. The number of nitrogens with zero attached hydrogens (tertiary/aromatic N) is 4. The summed E-state index contributed by atoms with van der Waals surface area (Å²) < 4.78 is 12.0. The Morgan fingerprint density at radius 2 is 1.93 bits per heavy atom. The van der Waals surface area contributed by atoms with Crippen molar-refractivity contribution in [2.45, 2.75) is 29.2 Å². The molecule has 0 saturated carbocycles. The van der Waals surface area contributed by atoms with Crippen molar-refractivity contribution in [3.8, 4) is 22.8 Å². The van der Waals surface area contributed by atoms with E-state index in [2.05, 4.69) is 56.3 Å². The summed E-state index contributed by atoms with van der Waals surface area (Å²) in [6.07, 6.45) is 4.56. The van der Waals surface area contributed by atoms with Gasteiger partial charge in [0.15, 0.2) is 5.75 Å². The molecule has 0 spiro atoms. The van der Waals surface area contributed by atoms with Crippen LogP contribution >= 0.6 is 11.8 Å². The molecule has 0 bridgehead atoms. The maximum Gasteiger partial charge on any atom is 0.250 e. The molecule has 41 heavy (non-hydrogen) atoms. The molecule has 2 aliphatic heterocycles. The lowest BCUT2D eigenvalue weighted by Crippen LogP contribution is -2.36. The van der Waals surface area contributed by atoms with Gasteiger partial charge in [0.05, 0.1) is 52.3 Å². The molecule has 9 nitrogen and oxygen atoms in total. The van der Waals surface area contributed by atoms with Crippen LogP contribution in [0.4, 0.5) is 11.4 Å². The Morgan fingerprint density at radius 3 is 2.71 bits per heavy atom. The molecule has 2 aliphatic rings. The summed E-state index contributed by atoms with van der Waals surface area (Å²) in [5.41, 5.74) is 5.17. The van der Waals surface area contributed by atoms with E-state index in [4.69, 9.17) is 9.47 Å². The number of morpholine rings is 1. The number of benzene rings is 2. The molecule has 10 heteroatoms. The van der Waals surface area contributed by atoms with E-state index >= 15 is 0 Å².